The van der Waals surface area contributed by atoms with Crippen LogP contribution in [0.2, 0.25) is 5.02 Å². The van der Waals surface area contributed by atoms with Crippen molar-refractivity contribution in [1.82, 2.24) is 5.01 Å². The molecular weight excluding hydrogens is 372 g/mol. The zero-order chi connectivity index (χ0) is 20.4. The molecule has 1 heterocycles. The van der Waals surface area contributed by atoms with Crippen LogP contribution in [0.3, 0.4) is 0 Å². The fourth-order valence-electron chi connectivity index (χ4n) is 4.98. The summed E-state index contributed by atoms with van der Waals surface area (Å²) in [5.41, 5.74) is 3.75. The molecule has 0 radical (unpaired) electrons. The van der Waals surface area contributed by atoms with E-state index in [9.17, 15) is 9.59 Å². The van der Waals surface area contributed by atoms with Crippen molar-refractivity contribution in [1.29, 1.82) is 0 Å². The Hall–Kier alpha value is -1.91. The molecule has 0 fully saturated rings. The number of nitrogens with two attached hydrogens (primary N) is 1. The highest BCUT2D eigenvalue weighted by Gasteiger charge is 2.48. The number of hydrazine groups is 1. The van der Waals surface area contributed by atoms with E-state index >= 15 is 0 Å². The Morgan fingerprint density at radius 2 is 1.29 bits per heavy atom. The largest absolute Gasteiger partial charge is 0.294 e. The summed E-state index contributed by atoms with van der Waals surface area (Å²) in [4.78, 5) is 26.5. The molecule has 5 heteroatoms. The number of allylic oxidation sites excluding steroid dienone is 4. The quantitative estimate of drug-likeness (QED) is 0.683. The lowest BCUT2D eigenvalue weighted by Gasteiger charge is -2.47. The summed E-state index contributed by atoms with van der Waals surface area (Å²) >= 11 is 6.09. The van der Waals surface area contributed by atoms with Crippen LogP contribution >= 0.6 is 11.6 Å². The molecule has 4 rings (SSSR count). The van der Waals surface area contributed by atoms with Crippen molar-refractivity contribution in [3.8, 4) is 0 Å². The number of hydrogen-bond acceptors (Lipinski definition) is 4. The minimum Gasteiger partial charge on any atom is -0.294 e. The second kappa shape index (κ2) is 6.30. The van der Waals surface area contributed by atoms with Gasteiger partial charge in [-0.25, -0.2) is 5.84 Å². The molecule has 1 aliphatic heterocycles. The maximum Gasteiger partial charge on any atom is 0.162 e. The minimum absolute atomic E-state index is 0.0887. The number of rotatable bonds is 1. The zero-order valence-electron chi connectivity index (χ0n) is 16.9. The topological polar surface area (TPSA) is 63.4 Å². The van der Waals surface area contributed by atoms with E-state index in [1.807, 2.05) is 24.3 Å². The van der Waals surface area contributed by atoms with E-state index in [1.54, 1.807) is 5.01 Å². The summed E-state index contributed by atoms with van der Waals surface area (Å²) in [5, 5.41) is 2.30. The number of halogens is 1. The fraction of sp³-hybridized carbons (Fsp3) is 0.478. The number of benzene rings is 1. The first kappa shape index (κ1) is 19.4. The lowest BCUT2D eigenvalue weighted by Crippen LogP contribution is -2.46. The third-order valence-electron chi connectivity index (χ3n) is 6.16. The Morgan fingerprint density at radius 1 is 0.857 bits per heavy atom. The first-order chi connectivity index (χ1) is 13.0. The summed E-state index contributed by atoms with van der Waals surface area (Å²) < 4.78 is 0. The molecule has 0 unspecified atom stereocenters. The smallest absolute Gasteiger partial charge is 0.162 e. The standard InChI is InChI=1S/C23H27ClN2O2/c1-22(2)9-15-20(17(27)11-22)19(13-5-7-14(24)8-6-13)21-16(26(15)25)10-23(3,4)12-18(21)28/h5-8,19H,9-12,25H2,1-4H3. The predicted molar refractivity (Wildman–Crippen MR) is 110 cm³/mol. The summed E-state index contributed by atoms with van der Waals surface area (Å²) in [6.45, 7) is 8.39. The minimum atomic E-state index is -0.353. The van der Waals surface area contributed by atoms with Gasteiger partial charge < -0.3 is 0 Å². The third kappa shape index (κ3) is 3.13. The van der Waals surface area contributed by atoms with Gasteiger partial charge in [-0.05, 0) is 41.4 Å². The van der Waals surface area contributed by atoms with E-state index in [-0.39, 0.29) is 28.3 Å². The zero-order valence-corrected chi connectivity index (χ0v) is 17.7. The monoisotopic (exact) mass is 398 g/mol. The van der Waals surface area contributed by atoms with E-state index in [1.165, 1.54) is 0 Å². The van der Waals surface area contributed by atoms with Crippen molar-refractivity contribution in [3.05, 3.63) is 57.4 Å². The van der Waals surface area contributed by atoms with Gasteiger partial charge in [-0.15, -0.1) is 0 Å². The van der Waals surface area contributed by atoms with Crippen molar-refractivity contribution in [2.75, 3.05) is 0 Å². The molecule has 2 N–H and O–H groups in total. The average molecular weight is 399 g/mol. The van der Waals surface area contributed by atoms with Gasteiger partial charge in [-0.2, -0.15) is 0 Å². The van der Waals surface area contributed by atoms with E-state index in [0.29, 0.717) is 29.0 Å². The maximum atomic E-state index is 13.2. The third-order valence-corrected chi connectivity index (χ3v) is 6.41. The van der Waals surface area contributed by atoms with Crippen LogP contribution in [0.25, 0.3) is 0 Å². The lowest BCUT2D eigenvalue weighted by atomic mass is 9.64. The average Bonchev–Trinajstić information content (AvgIpc) is 2.56. The van der Waals surface area contributed by atoms with Crippen molar-refractivity contribution in [2.45, 2.75) is 59.3 Å². The molecule has 0 saturated heterocycles. The normalized spacial score (nSPS) is 24.4. The van der Waals surface area contributed by atoms with Crippen LogP contribution in [0.5, 0.6) is 0 Å². The maximum absolute atomic E-state index is 13.2. The van der Waals surface area contributed by atoms with Gasteiger partial charge in [-0.1, -0.05) is 51.4 Å². The van der Waals surface area contributed by atoms with Gasteiger partial charge in [0.25, 0.3) is 0 Å². The Kier molecular flexibility index (Phi) is 4.36. The first-order valence-electron chi connectivity index (χ1n) is 9.82. The highest BCUT2D eigenvalue weighted by atomic mass is 35.5. The van der Waals surface area contributed by atoms with Crippen molar-refractivity contribution in [3.63, 3.8) is 0 Å². The Labute approximate surface area is 171 Å². The van der Waals surface area contributed by atoms with Gasteiger partial charge >= 0.3 is 0 Å². The highest BCUT2D eigenvalue weighted by Crippen LogP contribution is 2.53. The molecule has 0 aromatic heterocycles. The van der Waals surface area contributed by atoms with Crippen LogP contribution in [0.15, 0.2) is 46.8 Å². The molecule has 1 aromatic rings. The molecule has 2 aliphatic carbocycles. The van der Waals surface area contributed by atoms with E-state index in [4.69, 9.17) is 17.4 Å². The van der Waals surface area contributed by atoms with Crippen molar-refractivity contribution in [2.24, 2.45) is 16.7 Å². The lowest BCUT2D eigenvalue weighted by molar-refractivity contribution is -0.119. The molecule has 0 saturated carbocycles. The Balaban J connectivity index is 1.96. The van der Waals surface area contributed by atoms with Crippen LogP contribution in [0.1, 0.15) is 64.9 Å². The molecule has 0 bridgehead atoms. The van der Waals surface area contributed by atoms with Gasteiger partial charge in [0.05, 0.1) is 0 Å². The first-order valence-corrected chi connectivity index (χ1v) is 10.2. The SMILES string of the molecule is CC1(C)CC(=O)C2=C(C1)N(N)C1=C(C(=O)CC(C)(C)C1)C2c1ccc(Cl)cc1. The van der Waals surface area contributed by atoms with E-state index in [0.717, 1.165) is 29.8 Å². The van der Waals surface area contributed by atoms with Gasteiger partial charge in [0, 0.05) is 46.3 Å². The number of ketones is 2. The summed E-state index contributed by atoms with van der Waals surface area (Å²) in [6, 6.07) is 7.49. The highest BCUT2D eigenvalue weighted by molar-refractivity contribution is 6.30. The van der Waals surface area contributed by atoms with Crippen molar-refractivity contribution >= 4 is 23.2 Å². The summed E-state index contributed by atoms with van der Waals surface area (Å²) in [7, 11) is 0. The van der Waals surface area contributed by atoms with Gasteiger partial charge in [0.2, 0.25) is 0 Å². The van der Waals surface area contributed by atoms with Crippen LogP contribution in [-0.2, 0) is 9.59 Å². The Bertz CT molecular complexity index is 884. The molecule has 1 aromatic carbocycles. The number of carbonyl (C=O) groups excluding carboxylic acids is 2. The molecule has 148 valence electrons. The van der Waals surface area contributed by atoms with Crippen LogP contribution in [0.4, 0.5) is 0 Å². The second-order valence-corrected chi connectivity index (χ2v) is 10.4. The van der Waals surface area contributed by atoms with E-state index < -0.39 is 0 Å². The molecule has 3 aliphatic rings. The Morgan fingerprint density at radius 3 is 1.71 bits per heavy atom. The molecule has 4 nitrogen and oxygen atoms in total. The van der Waals surface area contributed by atoms with Crippen LogP contribution in [-0.4, -0.2) is 16.6 Å². The summed E-state index contributed by atoms with van der Waals surface area (Å²) in [6.07, 6.45) is 2.37. The molecule has 0 amide bonds. The van der Waals surface area contributed by atoms with Crippen LogP contribution < -0.4 is 5.84 Å². The predicted octanol–water partition coefficient (Wildman–Crippen LogP) is 4.90. The number of carbonyl (C=O) groups is 2. The molecule has 0 spiro atoms. The van der Waals surface area contributed by atoms with E-state index in [2.05, 4.69) is 27.7 Å². The summed E-state index contributed by atoms with van der Waals surface area (Å²) in [5.74, 6) is 6.39. The number of hydrogen-bond donors (Lipinski definition) is 1. The molecule has 0 atom stereocenters. The van der Waals surface area contributed by atoms with Crippen molar-refractivity contribution < 1.29 is 9.59 Å². The fourth-order valence-corrected chi connectivity index (χ4v) is 5.11. The van der Waals surface area contributed by atoms with Gasteiger partial charge in [0.15, 0.2) is 11.6 Å². The number of nitrogens with zero attached hydrogens (tertiary/aromatic N) is 1. The van der Waals surface area contributed by atoms with Gasteiger partial charge in [0.1, 0.15) is 0 Å². The molecular formula is C23H27ClN2O2. The van der Waals surface area contributed by atoms with Gasteiger partial charge in [-0.3, -0.25) is 14.6 Å². The molecule has 28 heavy (non-hydrogen) atoms. The van der Waals surface area contributed by atoms with Crippen LogP contribution in [0, 0.1) is 10.8 Å². The second-order valence-electron chi connectivity index (χ2n) is 9.96. The number of Topliss-reactive ketones (excluding diaryl/α,β-unsaturated/α-hetero) is 2.